The normalized spacial score (nSPS) is 10.2. The second-order valence-electron chi connectivity index (χ2n) is 4.12. The predicted molar refractivity (Wildman–Crippen MR) is 77.1 cm³/mol. The fourth-order valence-corrected chi connectivity index (χ4v) is 2.06. The Kier molecular flexibility index (Phi) is 4.23. The number of benzene rings is 2. The number of nitrogens with one attached hydrogen (secondary N) is 1. The SMILES string of the molecule is O=C(O)c1ccc(NC(=O)c2cc(F)ccc2Br)c(O)c1. The van der Waals surface area contributed by atoms with E-state index in [9.17, 15) is 19.1 Å². The van der Waals surface area contributed by atoms with Crippen LogP contribution in [0.15, 0.2) is 40.9 Å². The first-order valence-electron chi connectivity index (χ1n) is 5.71. The van der Waals surface area contributed by atoms with Gasteiger partial charge in [-0.1, -0.05) is 0 Å². The van der Waals surface area contributed by atoms with Crippen molar-refractivity contribution < 1.29 is 24.2 Å². The molecular weight excluding hydrogens is 345 g/mol. The summed E-state index contributed by atoms with van der Waals surface area (Å²) in [6.45, 7) is 0. The third kappa shape index (κ3) is 3.38. The van der Waals surface area contributed by atoms with Crippen LogP contribution in [0.2, 0.25) is 0 Å². The molecule has 0 aliphatic heterocycles. The summed E-state index contributed by atoms with van der Waals surface area (Å²) in [5.41, 5.74) is -0.0321. The molecule has 1 amide bonds. The summed E-state index contributed by atoms with van der Waals surface area (Å²) in [4.78, 5) is 22.8. The van der Waals surface area contributed by atoms with Crippen molar-refractivity contribution in [1.82, 2.24) is 0 Å². The molecule has 2 rings (SSSR count). The summed E-state index contributed by atoms with van der Waals surface area (Å²) in [5.74, 6) is -2.81. The molecule has 0 aromatic heterocycles. The Hall–Kier alpha value is -2.41. The highest BCUT2D eigenvalue weighted by Gasteiger charge is 2.14. The zero-order chi connectivity index (χ0) is 15.6. The molecule has 0 saturated heterocycles. The van der Waals surface area contributed by atoms with E-state index >= 15 is 0 Å². The van der Waals surface area contributed by atoms with E-state index in [2.05, 4.69) is 21.2 Å². The molecule has 0 atom stereocenters. The van der Waals surface area contributed by atoms with Crippen LogP contribution in [0.3, 0.4) is 0 Å². The van der Waals surface area contributed by atoms with Gasteiger partial charge in [0.2, 0.25) is 0 Å². The van der Waals surface area contributed by atoms with Crippen LogP contribution in [-0.2, 0) is 0 Å². The van der Waals surface area contributed by atoms with Crippen molar-refractivity contribution in [1.29, 1.82) is 0 Å². The first-order chi connectivity index (χ1) is 9.88. The van der Waals surface area contributed by atoms with E-state index in [1.807, 2.05) is 0 Å². The number of rotatable bonds is 3. The minimum absolute atomic E-state index is 0.0289. The van der Waals surface area contributed by atoms with E-state index in [0.717, 1.165) is 12.1 Å². The lowest BCUT2D eigenvalue weighted by atomic mass is 10.1. The summed E-state index contributed by atoms with van der Waals surface area (Å²) >= 11 is 3.13. The number of anilines is 1. The Bertz CT molecular complexity index is 733. The van der Waals surface area contributed by atoms with Crippen molar-refractivity contribution in [3.8, 4) is 5.75 Å². The number of phenols is 1. The second-order valence-corrected chi connectivity index (χ2v) is 4.97. The third-order valence-electron chi connectivity index (χ3n) is 2.67. The monoisotopic (exact) mass is 353 g/mol. The Morgan fingerprint density at radius 1 is 1.14 bits per heavy atom. The number of phenolic OH excluding ortho intramolecular Hbond substituents is 1. The Morgan fingerprint density at radius 3 is 2.48 bits per heavy atom. The summed E-state index contributed by atoms with van der Waals surface area (Å²) in [7, 11) is 0. The molecule has 0 aliphatic carbocycles. The number of halogens is 2. The number of carbonyl (C=O) groups is 2. The quantitative estimate of drug-likeness (QED) is 0.739. The number of amides is 1. The zero-order valence-corrected chi connectivity index (χ0v) is 12.0. The van der Waals surface area contributed by atoms with E-state index in [1.165, 1.54) is 24.3 Å². The number of hydrogen-bond acceptors (Lipinski definition) is 3. The van der Waals surface area contributed by atoms with Crippen molar-refractivity contribution in [3.05, 3.63) is 57.8 Å². The third-order valence-corrected chi connectivity index (χ3v) is 3.36. The molecule has 0 heterocycles. The summed E-state index contributed by atoms with van der Waals surface area (Å²) < 4.78 is 13.5. The van der Waals surface area contributed by atoms with E-state index < -0.39 is 23.4 Å². The van der Waals surface area contributed by atoms with Crippen LogP contribution in [0.1, 0.15) is 20.7 Å². The van der Waals surface area contributed by atoms with Gasteiger partial charge in [-0.15, -0.1) is 0 Å². The van der Waals surface area contributed by atoms with Gasteiger partial charge in [-0.05, 0) is 52.3 Å². The van der Waals surface area contributed by atoms with Crippen LogP contribution in [0.25, 0.3) is 0 Å². The summed E-state index contributed by atoms with van der Waals surface area (Å²) in [6, 6.07) is 7.13. The molecule has 0 saturated carbocycles. The first kappa shape index (κ1) is 15.0. The predicted octanol–water partition coefficient (Wildman–Crippen LogP) is 3.24. The lowest BCUT2D eigenvalue weighted by molar-refractivity contribution is 0.0696. The van der Waals surface area contributed by atoms with Crippen LogP contribution in [-0.4, -0.2) is 22.1 Å². The zero-order valence-electron chi connectivity index (χ0n) is 10.4. The van der Waals surface area contributed by atoms with Crippen molar-refractivity contribution in [2.75, 3.05) is 5.32 Å². The molecule has 0 radical (unpaired) electrons. The van der Waals surface area contributed by atoms with Crippen molar-refractivity contribution in [2.24, 2.45) is 0 Å². The largest absolute Gasteiger partial charge is 0.506 e. The van der Waals surface area contributed by atoms with Crippen LogP contribution in [0.4, 0.5) is 10.1 Å². The number of carboxylic acids is 1. The maximum absolute atomic E-state index is 13.2. The minimum Gasteiger partial charge on any atom is -0.506 e. The minimum atomic E-state index is -1.20. The second kappa shape index (κ2) is 5.92. The van der Waals surface area contributed by atoms with E-state index in [4.69, 9.17) is 5.11 Å². The van der Waals surface area contributed by atoms with Crippen LogP contribution in [0, 0.1) is 5.82 Å². The molecule has 0 unspecified atom stereocenters. The number of aromatic carboxylic acids is 1. The molecule has 7 heteroatoms. The van der Waals surface area contributed by atoms with Crippen LogP contribution >= 0.6 is 15.9 Å². The number of carboxylic acid groups (broad SMARTS) is 1. The average molecular weight is 354 g/mol. The van der Waals surface area contributed by atoms with E-state index in [-0.39, 0.29) is 16.8 Å². The molecule has 0 bridgehead atoms. The number of hydrogen-bond donors (Lipinski definition) is 3. The molecule has 21 heavy (non-hydrogen) atoms. The summed E-state index contributed by atoms with van der Waals surface area (Å²) in [6.07, 6.45) is 0. The van der Waals surface area contributed by atoms with Gasteiger partial charge < -0.3 is 15.5 Å². The average Bonchev–Trinajstić information content (AvgIpc) is 2.43. The number of carbonyl (C=O) groups excluding carboxylic acids is 1. The molecule has 3 N–H and O–H groups in total. The molecular formula is C14H9BrFNO4. The van der Waals surface area contributed by atoms with Gasteiger partial charge in [0.05, 0.1) is 16.8 Å². The molecule has 5 nitrogen and oxygen atoms in total. The van der Waals surface area contributed by atoms with E-state index in [1.54, 1.807) is 0 Å². The van der Waals surface area contributed by atoms with Crippen LogP contribution in [0.5, 0.6) is 5.75 Å². The standard InChI is InChI=1S/C14H9BrFNO4/c15-10-3-2-8(16)6-9(10)13(19)17-11-4-1-7(14(20)21)5-12(11)18/h1-6,18H,(H,17,19)(H,20,21). The molecule has 0 fully saturated rings. The van der Waals surface area contributed by atoms with Crippen molar-refractivity contribution in [3.63, 3.8) is 0 Å². The maximum Gasteiger partial charge on any atom is 0.335 e. The first-order valence-corrected chi connectivity index (χ1v) is 6.50. The fraction of sp³-hybridized carbons (Fsp3) is 0. The van der Waals surface area contributed by atoms with Gasteiger partial charge in [0, 0.05) is 4.47 Å². The fourth-order valence-electron chi connectivity index (χ4n) is 1.63. The molecule has 108 valence electrons. The van der Waals surface area contributed by atoms with Crippen molar-refractivity contribution >= 4 is 33.5 Å². The Morgan fingerprint density at radius 2 is 1.86 bits per heavy atom. The summed E-state index contributed by atoms with van der Waals surface area (Å²) in [5, 5.41) is 20.9. The Labute approximate surface area is 127 Å². The highest BCUT2D eigenvalue weighted by Crippen LogP contribution is 2.26. The highest BCUT2D eigenvalue weighted by atomic mass is 79.9. The number of aromatic hydroxyl groups is 1. The van der Waals surface area contributed by atoms with Crippen molar-refractivity contribution in [2.45, 2.75) is 0 Å². The Balaban J connectivity index is 2.27. The topological polar surface area (TPSA) is 86.6 Å². The molecule has 0 spiro atoms. The molecule has 2 aromatic rings. The van der Waals surface area contributed by atoms with Crippen LogP contribution < -0.4 is 5.32 Å². The highest BCUT2D eigenvalue weighted by molar-refractivity contribution is 9.10. The van der Waals surface area contributed by atoms with E-state index in [0.29, 0.717) is 4.47 Å². The van der Waals surface area contributed by atoms with Gasteiger partial charge in [-0.3, -0.25) is 4.79 Å². The van der Waals surface area contributed by atoms with Gasteiger partial charge in [-0.25, -0.2) is 9.18 Å². The van der Waals surface area contributed by atoms with Gasteiger partial charge in [0.15, 0.2) is 0 Å². The lowest BCUT2D eigenvalue weighted by Gasteiger charge is -2.09. The van der Waals surface area contributed by atoms with Gasteiger partial charge in [0.1, 0.15) is 11.6 Å². The molecule has 2 aromatic carbocycles. The molecule has 0 aliphatic rings. The maximum atomic E-state index is 13.2. The van der Waals surface area contributed by atoms with Gasteiger partial charge in [0.25, 0.3) is 5.91 Å². The smallest absolute Gasteiger partial charge is 0.335 e. The van der Waals surface area contributed by atoms with Gasteiger partial charge in [-0.2, -0.15) is 0 Å². The van der Waals surface area contributed by atoms with Gasteiger partial charge >= 0.3 is 5.97 Å². The lowest BCUT2D eigenvalue weighted by Crippen LogP contribution is -2.13.